The summed E-state index contributed by atoms with van der Waals surface area (Å²) in [6.07, 6.45) is 0.478. The number of benzene rings is 2. The van der Waals surface area contributed by atoms with Gasteiger partial charge in [-0.05, 0) is 34.9 Å². The first-order valence-electron chi connectivity index (χ1n) is 8.62. The van der Waals surface area contributed by atoms with Gasteiger partial charge in [-0.25, -0.2) is 0 Å². The summed E-state index contributed by atoms with van der Waals surface area (Å²) in [7, 11) is 3.24. The van der Waals surface area contributed by atoms with Gasteiger partial charge in [0.05, 0.1) is 14.2 Å². The molecule has 0 aliphatic carbocycles. The van der Waals surface area contributed by atoms with Crippen molar-refractivity contribution >= 4 is 17.7 Å². The van der Waals surface area contributed by atoms with Crippen LogP contribution in [0.4, 0.5) is 0 Å². The van der Waals surface area contributed by atoms with Crippen molar-refractivity contribution in [1.29, 1.82) is 0 Å². The van der Waals surface area contributed by atoms with Gasteiger partial charge < -0.3 is 20.1 Å². The van der Waals surface area contributed by atoms with Gasteiger partial charge in [0.1, 0.15) is 0 Å². The zero-order valence-electron chi connectivity index (χ0n) is 15.1. The average molecular weight is 372 g/mol. The molecule has 26 heavy (non-hydrogen) atoms. The molecule has 0 atom stereocenters. The van der Waals surface area contributed by atoms with Crippen molar-refractivity contribution in [2.75, 3.05) is 20.0 Å². The summed E-state index contributed by atoms with van der Waals surface area (Å²) in [6.45, 7) is 2.43. The minimum atomic E-state index is 0.0663. The van der Waals surface area contributed by atoms with Crippen molar-refractivity contribution < 1.29 is 14.3 Å². The maximum atomic E-state index is 12.1. The molecular formula is C20H24N2O3S. The number of rotatable bonds is 8. The molecule has 1 aliphatic heterocycles. The molecule has 0 unspecified atom stereocenters. The van der Waals surface area contributed by atoms with Crippen LogP contribution in [0, 0.1) is 0 Å². The third kappa shape index (κ3) is 4.71. The fourth-order valence-corrected chi connectivity index (χ4v) is 3.79. The van der Waals surface area contributed by atoms with Gasteiger partial charge in [-0.1, -0.05) is 18.2 Å². The van der Waals surface area contributed by atoms with Crippen LogP contribution in [0.15, 0.2) is 41.3 Å². The number of ether oxygens (including phenoxy) is 2. The fourth-order valence-electron chi connectivity index (χ4n) is 2.92. The van der Waals surface area contributed by atoms with Gasteiger partial charge in [0.25, 0.3) is 0 Å². The summed E-state index contributed by atoms with van der Waals surface area (Å²) in [6, 6.07) is 12.2. The standard InChI is InChI=1S/C20H24N2O3S/c1-24-18-6-5-17(10-19(18)25-2)26-8-7-20(23)22-11-14-3-4-15-12-21-13-16(15)9-14/h3-6,9-10,21H,7-8,11-13H2,1-2H3,(H,22,23). The van der Waals surface area contributed by atoms with Crippen LogP contribution in [-0.4, -0.2) is 25.9 Å². The van der Waals surface area contributed by atoms with E-state index in [1.807, 2.05) is 18.2 Å². The highest BCUT2D eigenvalue weighted by atomic mass is 32.2. The van der Waals surface area contributed by atoms with Crippen molar-refractivity contribution in [2.45, 2.75) is 31.0 Å². The van der Waals surface area contributed by atoms with Crippen LogP contribution in [0.3, 0.4) is 0 Å². The second kappa shape index (κ2) is 8.96. The first-order chi connectivity index (χ1) is 12.7. The van der Waals surface area contributed by atoms with Gasteiger partial charge in [-0.3, -0.25) is 4.79 Å². The summed E-state index contributed by atoms with van der Waals surface area (Å²) in [5.74, 6) is 2.19. The van der Waals surface area contributed by atoms with Gasteiger partial charge >= 0.3 is 0 Å². The molecule has 0 bridgehead atoms. The van der Waals surface area contributed by atoms with E-state index in [4.69, 9.17) is 9.47 Å². The third-order valence-electron chi connectivity index (χ3n) is 4.34. The molecule has 0 spiro atoms. The van der Waals surface area contributed by atoms with Gasteiger partial charge in [0.2, 0.25) is 5.91 Å². The minimum Gasteiger partial charge on any atom is -0.493 e. The normalized spacial score (nSPS) is 12.5. The largest absolute Gasteiger partial charge is 0.493 e. The number of carbonyl (C=O) groups excluding carboxylic acids is 1. The third-order valence-corrected chi connectivity index (χ3v) is 5.34. The Bertz CT molecular complexity index is 780. The minimum absolute atomic E-state index is 0.0663. The van der Waals surface area contributed by atoms with Gasteiger partial charge in [0.15, 0.2) is 11.5 Å². The molecule has 0 saturated carbocycles. The van der Waals surface area contributed by atoms with E-state index < -0.39 is 0 Å². The van der Waals surface area contributed by atoms with Crippen molar-refractivity contribution in [3.05, 3.63) is 53.1 Å². The lowest BCUT2D eigenvalue weighted by atomic mass is 10.1. The monoisotopic (exact) mass is 372 g/mol. The van der Waals surface area contributed by atoms with Crippen LogP contribution in [0.5, 0.6) is 11.5 Å². The first kappa shape index (κ1) is 18.6. The topological polar surface area (TPSA) is 59.6 Å². The Morgan fingerprint density at radius 2 is 1.88 bits per heavy atom. The molecule has 1 amide bonds. The average Bonchev–Trinajstić information content (AvgIpc) is 3.14. The highest BCUT2D eigenvalue weighted by molar-refractivity contribution is 7.99. The van der Waals surface area contributed by atoms with Gasteiger partial charge in [-0.2, -0.15) is 0 Å². The highest BCUT2D eigenvalue weighted by Crippen LogP contribution is 2.32. The number of hydrogen-bond donors (Lipinski definition) is 2. The number of amides is 1. The molecular weight excluding hydrogens is 348 g/mol. The second-order valence-corrected chi connectivity index (χ2v) is 7.27. The quantitative estimate of drug-likeness (QED) is 0.698. The molecule has 1 aliphatic rings. The lowest BCUT2D eigenvalue weighted by Gasteiger charge is -2.09. The van der Waals surface area contributed by atoms with E-state index in [1.165, 1.54) is 11.1 Å². The Hall–Kier alpha value is -2.18. The number of carbonyl (C=O) groups is 1. The predicted molar refractivity (Wildman–Crippen MR) is 104 cm³/mol. The maximum absolute atomic E-state index is 12.1. The van der Waals surface area contributed by atoms with Crippen LogP contribution < -0.4 is 20.1 Å². The summed E-state index contributed by atoms with van der Waals surface area (Å²) in [5.41, 5.74) is 3.83. The Balaban J connectivity index is 1.43. The van der Waals surface area contributed by atoms with Gasteiger partial charge in [-0.15, -0.1) is 11.8 Å². The molecule has 2 aromatic rings. The summed E-state index contributed by atoms with van der Waals surface area (Å²) >= 11 is 1.63. The molecule has 2 N–H and O–H groups in total. The van der Waals surface area contributed by atoms with Crippen molar-refractivity contribution in [2.24, 2.45) is 0 Å². The maximum Gasteiger partial charge on any atom is 0.221 e. The molecule has 3 rings (SSSR count). The highest BCUT2D eigenvalue weighted by Gasteiger charge is 2.10. The van der Waals surface area contributed by atoms with E-state index in [2.05, 4.69) is 28.8 Å². The molecule has 2 aromatic carbocycles. The lowest BCUT2D eigenvalue weighted by molar-refractivity contribution is -0.120. The van der Waals surface area contributed by atoms with Crippen molar-refractivity contribution in [1.82, 2.24) is 10.6 Å². The van der Waals surface area contributed by atoms with Crippen LogP contribution in [0.2, 0.25) is 0 Å². The lowest BCUT2D eigenvalue weighted by Crippen LogP contribution is -2.23. The number of hydrogen-bond acceptors (Lipinski definition) is 5. The van der Waals surface area contributed by atoms with Crippen LogP contribution in [-0.2, 0) is 24.4 Å². The number of nitrogens with one attached hydrogen (secondary N) is 2. The smallest absolute Gasteiger partial charge is 0.221 e. The molecule has 0 radical (unpaired) electrons. The zero-order valence-corrected chi connectivity index (χ0v) is 15.9. The van der Waals surface area contributed by atoms with E-state index in [0.717, 1.165) is 29.3 Å². The molecule has 1 heterocycles. The molecule has 0 fully saturated rings. The van der Waals surface area contributed by atoms with E-state index >= 15 is 0 Å². The van der Waals surface area contributed by atoms with Gasteiger partial charge in [0, 0.05) is 36.7 Å². The SMILES string of the molecule is COc1ccc(SCCC(=O)NCc2ccc3c(c2)CNC3)cc1OC. The van der Waals surface area contributed by atoms with Crippen LogP contribution in [0.25, 0.3) is 0 Å². The van der Waals surface area contributed by atoms with Crippen LogP contribution in [0.1, 0.15) is 23.1 Å². The fraction of sp³-hybridized carbons (Fsp3) is 0.350. The van der Waals surface area contributed by atoms with E-state index in [0.29, 0.717) is 24.5 Å². The molecule has 0 aromatic heterocycles. The Morgan fingerprint density at radius 3 is 2.69 bits per heavy atom. The number of fused-ring (bicyclic) bond motifs is 1. The van der Waals surface area contributed by atoms with Crippen molar-refractivity contribution in [3.8, 4) is 11.5 Å². The second-order valence-electron chi connectivity index (χ2n) is 6.10. The Morgan fingerprint density at radius 1 is 1.08 bits per heavy atom. The Labute approximate surface area is 158 Å². The molecule has 6 heteroatoms. The molecule has 5 nitrogen and oxygen atoms in total. The van der Waals surface area contributed by atoms with Crippen molar-refractivity contribution in [3.63, 3.8) is 0 Å². The number of thioether (sulfide) groups is 1. The summed E-state index contributed by atoms with van der Waals surface area (Å²) in [4.78, 5) is 13.1. The predicted octanol–water partition coefficient (Wildman–Crippen LogP) is 3.11. The van der Waals surface area contributed by atoms with E-state index in [9.17, 15) is 4.79 Å². The summed E-state index contributed by atoms with van der Waals surface area (Å²) < 4.78 is 10.5. The first-order valence-corrected chi connectivity index (χ1v) is 9.61. The number of methoxy groups -OCH3 is 2. The molecule has 138 valence electrons. The van der Waals surface area contributed by atoms with E-state index in [1.54, 1.807) is 26.0 Å². The summed E-state index contributed by atoms with van der Waals surface area (Å²) in [5, 5.41) is 6.33. The molecule has 0 saturated heterocycles. The Kier molecular flexibility index (Phi) is 6.41. The zero-order chi connectivity index (χ0) is 18.4. The van der Waals surface area contributed by atoms with Crippen LogP contribution >= 0.6 is 11.8 Å². The van der Waals surface area contributed by atoms with E-state index in [-0.39, 0.29) is 5.91 Å².